The van der Waals surface area contributed by atoms with E-state index < -0.39 is 36.0 Å². The maximum atomic E-state index is 12.8. The van der Waals surface area contributed by atoms with Crippen LogP contribution in [0.1, 0.15) is 30.3 Å². The molecule has 0 amide bonds. The summed E-state index contributed by atoms with van der Waals surface area (Å²) in [5.41, 5.74) is 1.04. The standard InChI is InChI=1S/C22H22O8/c1-3-27-21(24)18-17(19(23)13-6-9-15-16(10-13)29-11-28-15)22(25)30-20(18)12-4-7-14(26-2)8-5-12/h4-10,17-20,23H,3,11H2,1-2H3/t17-,18+,19-,20+/m1/s1. The first-order chi connectivity index (χ1) is 14.5. The van der Waals surface area contributed by atoms with Crippen LogP contribution < -0.4 is 14.2 Å². The molecular weight excluding hydrogens is 392 g/mol. The molecule has 8 nitrogen and oxygen atoms in total. The number of rotatable bonds is 6. The fourth-order valence-electron chi connectivity index (χ4n) is 3.82. The first-order valence-electron chi connectivity index (χ1n) is 9.62. The van der Waals surface area contributed by atoms with E-state index >= 15 is 0 Å². The van der Waals surface area contributed by atoms with E-state index in [9.17, 15) is 14.7 Å². The third-order valence-electron chi connectivity index (χ3n) is 5.31. The Bertz CT molecular complexity index is 939. The predicted molar refractivity (Wildman–Crippen MR) is 103 cm³/mol. The molecule has 8 heteroatoms. The zero-order chi connectivity index (χ0) is 21.3. The summed E-state index contributed by atoms with van der Waals surface area (Å²) in [7, 11) is 1.55. The van der Waals surface area contributed by atoms with Gasteiger partial charge in [0.25, 0.3) is 0 Å². The number of fused-ring (bicyclic) bond motifs is 1. The van der Waals surface area contributed by atoms with E-state index in [4.69, 9.17) is 23.7 Å². The maximum Gasteiger partial charge on any atom is 0.314 e. The number of ether oxygens (including phenoxy) is 5. The van der Waals surface area contributed by atoms with E-state index in [1.165, 1.54) is 0 Å². The zero-order valence-corrected chi connectivity index (χ0v) is 16.6. The van der Waals surface area contributed by atoms with E-state index in [0.717, 1.165) is 0 Å². The lowest BCUT2D eigenvalue weighted by molar-refractivity contribution is -0.153. The van der Waals surface area contributed by atoms with Gasteiger partial charge in [-0.3, -0.25) is 9.59 Å². The molecule has 1 saturated heterocycles. The van der Waals surface area contributed by atoms with Crippen molar-refractivity contribution < 1.29 is 38.4 Å². The molecule has 2 aromatic carbocycles. The van der Waals surface area contributed by atoms with Crippen LogP contribution in [0.4, 0.5) is 0 Å². The molecule has 0 bridgehead atoms. The molecule has 1 N–H and O–H groups in total. The molecule has 0 spiro atoms. The highest BCUT2D eigenvalue weighted by Gasteiger charge is 2.53. The Morgan fingerprint density at radius 2 is 1.90 bits per heavy atom. The lowest BCUT2D eigenvalue weighted by atomic mass is 9.81. The second kappa shape index (κ2) is 8.23. The lowest BCUT2D eigenvalue weighted by Crippen LogP contribution is -2.32. The molecule has 0 saturated carbocycles. The zero-order valence-electron chi connectivity index (χ0n) is 16.6. The van der Waals surface area contributed by atoms with Gasteiger partial charge in [0.1, 0.15) is 23.7 Å². The van der Waals surface area contributed by atoms with Crippen LogP contribution in [0.15, 0.2) is 42.5 Å². The van der Waals surface area contributed by atoms with Gasteiger partial charge in [-0.25, -0.2) is 0 Å². The van der Waals surface area contributed by atoms with E-state index in [1.807, 2.05) is 0 Å². The van der Waals surface area contributed by atoms with E-state index in [-0.39, 0.29) is 13.4 Å². The van der Waals surface area contributed by atoms with Crippen LogP contribution in [0.2, 0.25) is 0 Å². The number of esters is 2. The predicted octanol–water partition coefficient (Wildman–Crippen LogP) is 2.55. The molecule has 158 valence electrons. The topological polar surface area (TPSA) is 101 Å². The number of hydrogen-bond donors (Lipinski definition) is 1. The summed E-state index contributed by atoms with van der Waals surface area (Å²) in [4.78, 5) is 25.6. The molecule has 1 fully saturated rings. The van der Waals surface area contributed by atoms with Crippen molar-refractivity contribution in [1.29, 1.82) is 0 Å². The van der Waals surface area contributed by atoms with Gasteiger partial charge in [0.15, 0.2) is 11.5 Å². The van der Waals surface area contributed by atoms with Gasteiger partial charge in [-0.2, -0.15) is 0 Å². The molecule has 2 aliphatic heterocycles. The summed E-state index contributed by atoms with van der Waals surface area (Å²) in [5.74, 6) is -1.75. The van der Waals surface area contributed by atoms with Crippen molar-refractivity contribution in [2.45, 2.75) is 19.1 Å². The Kier molecular flexibility index (Phi) is 5.50. The molecule has 2 heterocycles. The van der Waals surface area contributed by atoms with Crippen LogP contribution in [0, 0.1) is 11.8 Å². The maximum absolute atomic E-state index is 12.8. The van der Waals surface area contributed by atoms with Crippen LogP contribution in [-0.2, 0) is 19.1 Å². The molecule has 0 unspecified atom stereocenters. The van der Waals surface area contributed by atoms with E-state index in [2.05, 4.69) is 0 Å². The molecule has 0 radical (unpaired) electrons. The van der Waals surface area contributed by atoms with E-state index in [1.54, 1.807) is 56.5 Å². The second-order valence-electron chi connectivity index (χ2n) is 6.99. The molecule has 0 aromatic heterocycles. The Morgan fingerprint density at radius 1 is 1.17 bits per heavy atom. The van der Waals surface area contributed by atoms with Gasteiger partial charge in [0, 0.05) is 0 Å². The van der Waals surface area contributed by atoms with Gasteiger partial charge in [0.05, 0.1) is 19.8 Å². The number of carbonyl (C=O) groups is 2. The summed E-state index contributed by atoms with van der Waals surface area (Å²) in [6.07, 6.45) is -2.17. The quantitative estimate of drug-likeness (QED) is 0.720. The molecule has 30 heavy (non-hydrogen) atoms. The monoisotopic (exact) mass is 414 g/mol. The normalized spacial score (nSPS) is 23.0. The van der Waals surface area contributed by atoms with Crippen LogP contribution in [0.3, 0.4) is 0 Å². The van der Waals surface area contributed by atoms with Crippen LogP contribution >= 0.6 is 0 Å². The highest BCUT2D eigenvalue weighted by molar-refractivity contribution is 5.86. The van der Waals surface area contributed by atoms with Gasteiger partial charge >= 0.3 is 11.9 Å². The average molecular weight is 414 g/mol. The van der Waals surface area contributed by atoms with Gasteiger partial charge in [-0.15, -0.1) is 0 Å². The smallest absolute Gasteiger partial charge is 0.314 e. The first-order valence-corrected chi connectivity index (χ1v) is 9.62. The Morgan fingerprint density at radius 3 is 2.60 bits per heavy atom. The van der Waals surface area contributed by atoms with Crippen molar-refractivity contribution >= 4 is 11.9 Å². The number of aliphatic hydroxyl groups excluding tert-OH is 1. The average Bonchev–Trinajstić information content (AvgIpc) is 3.37. The third kappa shape index (κ3) is 3.54. The van der Waals surface area contributed by atoms with Crippen molar-refractivity contribution in [3.05, 3.63) is 53.6 Å². The van der Waals surface area contributed by atoms with Crippen LogP contribution in [-0.4, -0.2) is 37.6 Å². The van der Waals surface area contributed by atoms with Crippen molar-refractivity contribution in [3.8, 4) is 17.2 Å². The minimum atomic E-state index is -1.29. The minimum Gasteiger partial charge on any atom is -0.497 e. The summed E-state index contributed by atoms with van der Waals surface area (Å²) in [5, 5.41) is 11.0. The van der Waals surface area contributed by atoms with Gasteiger partial charge in [0.2, 0.25) is 6.79 Å². The minimum absolute atomic E-state index is 0.0886. The highest BCUT2D eigenvalue weighted by atomic mass is 16.7. The van der Waals surface area contributed by atoms with E-state index in [0.29, 0.717) is 28.4 Å². The molecule has 4 rings (SSSR count). The van der Waals surface area contributed by atoms with Crippen LogP contribution in [0.25, 0.3) is 0 Å². The Hall–Kier alpha value is -3.26. The Labute approximate surface area is 173 Å². The summed E-state index contributed by atoms with van der Waals surface area (Å²) < 4.78 is 26.6. The number of hydrogen-bond acceptors (Lipinski definition) is 8. The largest absolute Gasteiger partial charge is 0.497 e. The second-order valence-corrected chi connectivity index (χ2v) is 6.99. The number of methoxy groups -OCH3 is 1. The molecule has 0 aliphatic carbocycles. The third-order valence-corrected chi connectivity index (χ3v) is 5.31. The van der Waals surface area contributed by atoms with Gasteiger partial charge < -0.3 is 28.8 Å². The SMILES string of the molecule is CCOC(=O)[C@H]1[C@H]([C@H](O)c2ccc3c(c2)OCO3)C(=O)O[C@H]1c1ccc(OC)cc1. The fraction of sp³-hybridized carbons (Fsp3) is 0.364. The highest BCUT2D eigenvalue weighted by Crippen LogP contribution is 2.47. The van der Waals surface area contributed by atoms with Crippen LogP contribution in [0.5, 0.6) is 17.2 Å². The van der Waals surface area contributed by atoms with Gasteiger partial charge in [-0.1, -0.05) is 18.2 Å². The molecular formula is C22H22O8. The number of cyclic esters (lactones) is 1. The number of carbonyl (C=O) groups excluding carboxylic acids is 2. The van der Waals surface area contributed by atoms with Crippen molar-refractivity contribution in [2.24, 2.45) is 11.8 Å². The molecule has 4 atom stereocenters. The fourth-order valence-corrected chi connectivity index (χ4v) is 3.82. The lowest BCUT2D eigenvalue weighted by Gasteiger charge is -2.23. The summed E-state index contributed by atoms with van der Waals surface area (Å²) in [6, 6.07) is 11.8. The number of aliphatic hydroxyl groups is 1. The molecule has 2 aliphatic rings. The number of benzene rings is 2. The summed E-state index contributed by atoms with van der Waals surface area (Å²) in [6.45, 7) is 1.91. The van der Waals surface area contributed by atoms with Crippen molar-refractivity contribution in [1.82, 2.24) is 0 Å². The first kappa shape index (κ1) is 20.0. The molecule has 2 aromatic rings. The summed E-state index contributed by atoms with van der Waals surface area (Å²) >= 11 is 0. The van der Waals surface area contributed by atoms with Gasteiger partial charge in [-0.05, 0) is 42.3 Å². The van der Waals surface area contributed by atoms with Crippen molar-refractivity contribution in [2.75, 3.05) is 20.5 Å². The van der Waals surface area contributed by atoms with Crippen molar-refractivity contribution in [3.63, 3.8) is 0 Å². The Balaban J connectivity index is 1.67.